The number of hydrogen-bond acceptors (Lipinski definition) is 4. The van der Waals surface area contributed by atoms with Gasteiger partial charge in [-0.05, 0) is 55.3 Å². The number of rotatable bonds is 5. The molecule has 2 aromatic rings. The summed E-state index contributed by atoms with van der Waals surface area (Å²) in [5.74, 6) is 0. The minimum Gasteiger partial charge on any atom is -0.253 e. The Kier molecular flexibility index (Phi) is 5.88. The second kappa shape index (κ2) is 8.14. The van der Waals surface area contributed by atoms with Crippen molar-refractivity contribution >= 4 is 33.0 Å². The second-order valence-electron chi connectivity index (χ2n) is 6.00. The van der Waals surface area contributed by atoms with Crippen LogP contribution in [-0.2, 0) is 10.0 Å². The fourth-order valence-electron chi connectivity index (χ4n) is 2.60. The van der Waals surface area contributed by atoms with E-state index in [1.165, 1.54) is 0 Å². The van der Waals surface area contributed by atoms with Crippen LogP contribution in [-0.4, -0.2) is 32.2 Å². The van der Waals surface area contributed by atoms with E-state index in [4.69, 9.17) is 11.6 Å². The van der Waals surface area contributed by atoms with E-state index in [9.17, 15) is 8.42 Å². The zero-order chi connectivity index (χ0) is 18.6. The minimum absolute atomic E-state index is 0.218. The van der Waals surface area contributed by atoms with Crippen LogP contribution in [0.15, 0.2) is 70.6 Å². The van der Waals surface area contributed by atoms with Gasteiger partial charge in [0.1, 0.15) is 0 Å². The number of aliphatic imine (C=N–C) groups is 1. The van der Waals surface area contributed by atoms with Gasteiger partial charge in [0.05, 0.1) is 10.6 Å². The largest absolute Gasteiger partial charge is 0.253 e. The van der Waals surface area contributed by atoms with Gasteiger partial charge in [0, 0.05) is 23.8 Å². The Morgan fingerprint density at radius 2 is 1.77 bits per heavy atom. The Balaban J connectivity index is 1.74. The van der Waals surface area contributed by atoms with Gasteiger partial charge in [-0.3, -0.25) is 4.99 Å². The van der Waals surface area contributed by atoms with Crippen molar-refractivity contribution in [2.45, 2.75) is 18.2 Å². The zero-order valence-corrected chi connectivity index (χ0v) is 16.0. The average Bonchev–Trinajstić information content (AvgIpc) is 2.63. The third-order valence-corrected chi connectivity index (χ3v) is 5.66. The van der Waals surface area contributed by atoms with Crippen LogP contribution < -0.4 is 4.83 Å². The van der Waals surface area contributed by atoms with E-state index in [0.29, 0.717) is 23.8 Å². The molecule has 1 aliphatic heterocycles. The number of nitrogens with zero attached hydrogens (tertiary/aromatic N) is 2. The first-order valence-corrected chi connectivity index (χ1v) is 10.1. The first kappa shape index (κ1) is 18.8. The molecule has 0 unspecified atom stereocenters. The molecule has 0 fully saturated rings. The molecule has 0 aliphatic carbocycles. The molecule has 0 atom stereocenters. The lowest BCUT2D eigenvalue weighted by molar-refractivity contribution is 0.263. The first-order chi connectivity index (χ1) is 12.4. The second-order valence-corrected chi connectivity index (χ2v) is 8.10. The van der Waals surface area contributed by atoms with Gasteiger partial charge in [0.25, 0.3) is 10.0 Å². The average molecular weight is 390 g/mol. The van der Waals surface area contributed by atoms with Gasteiger partial charge >= 0.3 is 0 Å². The van der Waals surface area contributed by atoms with E-state index in [2.05, 4.69) is 9.82 Å². The highest BCUT2D eigenvalue weighted by Crippen LogP contribution is 2.19. The molecule has 0 spiro atoms. The maximum Gasteiger partial charge on any atom is 0.253 e. The monoisotopic (exact) mass is 389 g/mol. The van der Waals surface area contributed by atoms with Gasteiger partial charge in [0.2, 0.25) is 0 Å². The number of hydrogen-bond donors (Lipinski definition) is 1. The Morgan fingerprint density at radius 3 is 2.38 bits per heavy atom. The van der Waals surface area contributed by atoms with E-state index in [-0.39, 0.29) is 4.90 Å². The summed E-state index contributed by atoms with van der Waals surface area (Å²) in [6, 6.07) is 14.0. The van der Waals surface area contributed by atoms with Gasteiger partial charge in [-0.15, -0.1) is 4.83 Å². The summed E-state index contributed by atoms with van der Waals surface area (Å²) in [5.41, 5.74) is 2.48. The predicted octanol–water partition coefficient (Wildman–Crippen LogP) is 3.94. The molecule has 1 heterocycles. The SMILES string of the molecule is CC(=Nc1ccc(S(=O)(=O)NN2CC=CCC2)cc1)c1ccc(Cl)cc1. The van der Waals surface area contributed by atoms with Gasteiger partial charge < -0.3 is 0 Å². The maximum absolute atomic E-state index is 12.5. The van der Waals surface area contributed by atoms with Crippen LogP contribution in [0.1, 0.15) is 18.9 Å². The van der Waals surface area contributed by atoms with Crippen molar-refractivity contribution in [1.29, 1.82) is 0 Å². The van der Waals surface area contributed by atoms with Gasteiger partial charge in [0.15, 0.2) is 0 Å². The van der Waals surface area contributed by atoms with E-state index in [1.54, 1.807) is 29.3 Å². The summed E-state index contributed by atoms with van der Waals surface area (Å²) >= 11 is 5.90. The summed E-state index contributed by atoms with van der Waals surface area (Å²) in [7, 11) is -3.58. The molecule has 5 nitrogen and oxygen atoms in total. The molecule has 7 heteroatoms. The molecular weight excluding hydrogens is 370 g/mol. The Bertz CT molecular complexity index is 920. The van der Waals surface area contributed by atoms with Crippen LogP contribution in [0.4, 0.5) is 5.69 Å². The molecule has 0 amide bonds. The van der Waals surface area contributed by atoms with Crippen molar-refractivity contribution in [2.75, 3.05) is 13.1 Å². The van der Waals surface area contributed by atoms with Gasteiger partial charge in [-0.25, -0.2) is 13.4 Å². The number of sulfonamides is 1. The van der Waals surface area contributed by atoms with E-state index in [0.717, 1.165) is 17.7 Å². The fourth-order valence-corrected chi connectivity index (χ4v) is 3.83. The fraction of sp³-hybridized carbons (Fsp3) is 0.211. The summed E-state index contributed by atoms with van der Waals surface area (Å²) in [5, 5.41) is 2.36. The van der Waals surface area contributed by atoms with E-state index < -0.39 is 10.0 Å². The molecule has 0 saturated heterocycles. The van der Waals surface area contributed by atoms with Crippen LogP contribution >= 0.6 is 11.6 Å². The lowest BCUT2D eigenvalue weighted by Gasteiger charge is -2.23. The van der Waals surface area contributed by atoms with Gasteiger partial charge in [-0.1, -0.05) is 35.9 Å². The minimum atomic E-state index is -3.58. The topological polar surface area (TPSA) is 61.8 Å². The Labute approximate surface area is 159 Å². The smallest absolute Gasteiger partial charge is 0.253 e. The number of nitrogens with one attached hydrogen (secondary N) is 1. The molecule has 0 radical (unpaired) electrons. The van der Waals surface area contributed by atoms with E-state index in [1.807, 2.05) is 43.3 Å². The van der Waals surface area contributed by atoms with Crippen molar-refractivity contribution in [3.8, 4) is 0 Å². The highest BCUT2D eigenvalue weighted by atomic mass is 35.5. The zero-order valence-electron chi connectivity index (χ0n) is 14.4. The van der Waals surface area contributed by atoms with Crippen molar-refractivity contribution in [3.05, 3.63) is 71.3 Å². The lowest BCUT2D eigenvalue weighted by Crippen LogP contribution is -2.43. The van der Waals surface area contributed by atoms with Crippen LogP contribution in [0.25, 0.3) is 0 Å². The first-order valence-electron chi connectivity index (χ1n) is 8.28. The molecule has 2 aromatic carbocycles. The molecule has 0 bridgehead atoms. The third kappa shape index (κ3) is 4.80. The van der Waals surface area contributed by atoms with Crippen molar-refractivity contribution in [2.24, 2.45) is 4.99 Å². The molecule has 1 N–H and O–H groups in total. The molecule has 3 rings (SSSR count). The summed E-state index contributed by atoms with van der Waals surface area (Å²) in [6.07, 6.45) is 4.82. The molecular formula is C19H20ClN3O2S. The quantitative estimate of drug-likeness (QED) is 0.622. The lowest BCUT2D eigenvalue weighted by atomic mass is 10.1. The number of benzene rings is 2. The predicted molar refractivity (Wildman–Crippen MR) is 105 cm³/mol. The summed E-state index contributed by atoms with van der Waals surface area (Å²) in [6.45, 7) is 3.14. The van der Waals surface area contributed by atoms with Crippen LogP contribution in [0, 0.1) is 0 Å². The van der Waals surface area contributed by atoms with Gasteiger partial charge in [-0.2, -0.15) is 0 Å². The summed E-state index contributed by atoms with van der Waals surface area (Å²) in [4.78, 5) is 7.36. The third-order valence-electron chi connectivity index (χ3n) is 4.01. The maximum atomic E-state index is 12.5. The summed E-state index contributed by atoms with van der Waals surface area (Å²) < 4.78 is 24.9. The molecule has 26 heavy (non-hydrogen) atoms. The Morgan fingerprint density at radius 1 is 1.08 bits per heavy atom. The van der Waals surface area contributed by atoms with Crippen LogP contribution in [0.3, 0.4) is 0 Å². The molecule has 1 aliphatic rings. The van der Waals surface area contributed by atoms with Crippen molar-refractivity contribution in [1.82, 2.24) is 9.84 Å². The molecule has 0 saturated carbocycles. The van der Waals surface area contributed by atoms with Crippen LogP contribution in [0.5, 0.6) is 0 Å². The van der Waals surface area contributed by atoms with Crippen LogP contribution in [0.2, 0.25) is 5.02 Å². The van der Waals surface area contributed by atoms with E-state index >= 15 is 0 Å². The highest BCUT2D eigenvalue weighted by molar-refractivity contribution is 7.89. The number of halogens is 1. The van der Waals surface area contributed by atoms with Crippen molar-refractivity contribution in [3.63, 3.8) is 0 Å². The van der Waals surface area contributed by atoms with Crippen molar-refractivity contribution < 1.29 is 8.42 Å². The Hall–Kier alpha value is -1.99. The number of hydrazine groups is 1. The highest BCUT2D eigenvalue weighted by Gasteiger charge is 2.18. The molecule has 0 aromatic heterocycles. The standard InChI is InChI=1S/C19H20ClN3O2S/c1-15(16-5-7-17(20)8-6-16)21-18-9-11-19(12-10-18)26(24,25)22-23-13-3-2-4-14-23/h2-3,5-12,22H,4,13-14H2,1H3. The molecule has 136 valence electrons. The normalized spacial score (nSPS) is 16.0.